The summed E-state index contributed by atoms with van der Waals surface area (Å²) in [6, 6.07) is 3.19. The first-order valence-corrected chi connectivity index (χ1v) is 8.49. The highest BCUT2D eigenvalue weighted by molar-refractivity contribution is 9.13. The molecular weight excluding hydrogens is 410 g/mol. The number of thiophene rings is 1. The van der Waals surface area contributed by atoms with Gasteiger partial charge < -0.3 is 9.52 Å². The van der Waals surface area contributed by atoms with Gasteiger partial charge >= 0.3 is 5.97 Å². The number of hydrogen-bond donors (Lipinski definition) is 1. The molecule has 2 aromatic heterocycles. The van der Waals surface area contributed by atoms with E-state index < -0.39 is 12.0 Å². The van der Waals surface area contributed by atoms with Gasteiger partial charge in [0, 0.05) is 11.4 Å². The molecule has 3 heterocycles. The monoisotopic (exact) mass is 419 g/mol. The van der Waals surface area contributed by atoms with Gasteiger partial charge in [-0.3, -0.25) is 9.69 Å². The lowest BCUT2D eigenvalue weighted by molar-refractivity contribution is -0.144. The Kier molecular flexibility index (Phi) is 4.03. The molecule has 0 aromatic carbocycles. The van der Waals surface area contributed by atoms with Gasteiger partial charge in [-0.05, 0) is 61.4 Å². The lowest BCUT2D eigenvalue weighted by atomic mass is 10.00. The van der Waals surface area contributed by atoms with Gasteiger partial charge in [-0.1, -0.05) is 0 Å². The second-order valence-electron chi connectivity index (χ2n) is 4.59. The molecule has 0 amide bonds. The van der Waals surface area contributed by atoms with E-state index in [1.807, 2.05) is 22.4 Å². The maximum Gasteiger partial charge on any atom is 0.325 e. The lowest BCUT2D eigenvalue weighted by Crippen LogP contribution is -2.38. The zero-order valence-electron chi connectivity index (χ0n) is 10.3. The Morgan fingerprint density at radius 2 is 2.35 bits per heavy atom. The van der Waals surface area contributed by atoms with Crippen LogP contribution in [-0.2, 0) is 17.8 Å². The summed E-state index contributed by atoms with van der Waals surface area (Å²) in [5.41, 5.74) is 0.915. The lowest BCUT2D eigenvalue weighted by Gasteiger charge is -2.32. The molecule has 3 rings (SSSR count). The third kappa shape index (κ3) is 2.59. The second kappa shape index (κ2) is 5.63. The molecule has 1 atom stereocenters. The third-order valence-electron chi connectivity index (χ3n) is 3.35. The van der Waals surface area contributed by atoms with Gasteiger partial charge in [-0.25, -0.2) is 0 Å². The Bertz CT molecular complexity index is 632. The van der Waals surface area contributed by atoms with Crippen LogP contribution in [0.5, 0.6) is 0 Å². The van der Waals surface area contributed by atoms with Crippen LogP contribution in [0.25, 0.3) is 0 Å². The van der Waals surface area contributed by atoms with Gasteiger partial charge in [0.05, 0.1) is 11.0 Å². The first-order valence-electron chi connectivity index (χ1n) is 6.03. The number of rotatable bonds is 3. The summed E-state index contributed by atoms with van der Waals surface area (Å²) in [6.07, 6.45) is 0.889. The molecule has 1 unspecified atom stereocenters. The predicted molar refractivity (Wildman–Crippen MR) is 82.9 cm³/mol. The number of fused-ring (bicyclic) bond motifs is 1. The highest BCUT2D eigenvalue weighted by Crippen LogP contribution is 2.35. The second-order valence-corrected chi connectivity index (χ2v) is 7.17. The molecule has 0 saturated heterocycles. The minimum atomic E-state index is -0.811. The zero-order chi connectivity index (χ0) is 14.3. The van der Waals surface area contributed by atoms with Gasteiger partial charge in [0.2, 0.25) is 0 Å². The fourth-order valence-electron chi connectivity index (χ4n) is 2.50. The van der Waals surface area contributed by atoms with Crippen molar-refractivity contribution in [3.63, 3.8) is 0 Å². The topological polar surface area (TPSA) is 53.7 Å². The van der Waals surface area contributed by atoms with E-state index in [0.717, 1.165) is 28.8 Å². The first-order chi connectivity index (χ1) is 9.56. The number of furan rings is 1. The summed E-state index contributed by atoms with van der Waals surface area (Å²) >= 11 is 8.30. The summed E-state index contributed by atoms with van der Waals surface area (Å²) in [7, 11) is 0. The Hall–Kier alpha value is -0.630. The fourth-order valence-corrected chi connectivity index (χ4v) is 4.06. The van der Waals surface area contributed by atoms with Crippen LogP contribution in [0.2, 0.25) is 0 Å². The van der Waals surface area contributed by atoms with Crippen LogP contribution in [0.4, 0.5) is 0 Å². The number of carbonyl (C=O) groups is 1. The maximum atomic E-state index is 11.6. The summed E-state index contributed by atoms with van der Waals surface area (Å²) in [5.74, 6) is -0.0669. The summed E-state index contributed by atoms with van der Waals surface area (Å²) in [4.78, 5) is 14.7. The van der Waals surface area contributed by atoms with E-state index in [-0.39, 0.29) is 0 Å². The average Bonchev–Trinajstić information content (AvgIpc) is 2.96. The fraction of sp³-hybridized carbons (Fsp3) is 0.308. The predicted octanol–water partition coefficient (Wildman–Crippen LogP) is 4.05. The number of carboxylic acid groups (broad SMARTS) is 1. The Morgan fingerprint density at radius 3 is 3.00 bits per heavy atom. The van der Waals surface area contributed by atoms with Gasteiger partial charge in [-0.2, -0.15) is 0 Å². The Balaban J connectivity index is 1.87. The van der Waals surface area contributed by atoms with Crippen molar-refractivity contribution < 1.29 is 14.3 Å². The highest BCUT2D eigenvalue weighted by atomic mass is 79.9. The van der Waals surface area contributed by atoms with Crippen LogP contribution >= 0.6 is 43.2 Å². The molecule has 0 radical (unpaired) electrons. The molecule has 1 aliphatic heterocycles. The number of halogens is 2. The third-order valence-corrected chi connectivity index (χ3v) is 6.06. The molecule has 0 saturated carbocycles. The molecule has 1 N–H and O–H groups in total. The van der Waals surface area contributed by atoms with Crippen LogP contribution in [0.1, 0.15) is 22.2 Å². The minimum absolute atomic E-state index is 0.483. The van der Waals surface area contributed by atoms with Gasteiger partial charge in [-0.15, -0.1) is 11.3 Å². The number of nitrogens with zero attached hydrogens (tertiary/aromatic N) is 1. The van der Waals surface area contributed by atoms with E-state index in [4.69, 9.17) is 4.42 Å². The molecule has 20 heavy (non-hydrogen) atoms. The largest absolute Gasteiger partial charge is 0.480 e. The van der Waals surface area contributed by atoms with Crippen molar-refractivity contribution >= 4 is 49.2 Å². The Morgan fingerprint density at radius 1 is 1.55 bits per heavy atom. The van der Waals surface area contributed by atoms with Gasteiger partial charge in [0.15, 0.2) is 4.67 Å². The molecular formula is C13H11Br2NO3S. The van der Waals surface area contributed by atoms with Crippen LogP contribution < -0.4 is 0 Å². The smallest absolute Gasteiger partial charge is 0.325 e. The van der Waals surface area contributed by atoms with E-state index in [9.17, 15) is 9.90 Å². The molecule has 2 aromatic rings. The molecule has 0 bridgehead atoms. The molecule has 0 fully saturated rings. The van der Waals surface area contributed by atoms with E-state index in [1.54, 1.807) is 11.3 Å². The molecule has 1 aliphatic rings. The number of carboxylic acids is 1. The molecule has 4 nitrogen and oxygen atoms in total. The normalized spacial score (nSPS) is 19.0. The maximum absolute atomic E-state index is 11.6. The molecule has 0 aliphatic carbocycles. The van der Waals surface area contributed by atoms with Gasteiger partial charge in [0.1, 0.15) is 11.8 Å². The minimum Gasteiger partial charge on any atom is -0.480 e. The quantitative estimate of drug-likeness (QED) is 0.813. The summed E-state index contributed by atoms with van der Waals surface area (Å²) < 4.78 is 7.02. The summed E-state index contributed by atoms with van der Waals surface area (Å²) in [6.45, 7) is 1.21. The van der Waals surface area contributed by atoms with Crippen LogP contribution in [-0.4, -0.2) is 22.5 Å². The molecule has 7 heteroatoms. The molecule has 0 spiro atoms. The van der Waals surface area contributed by atoms with Crippen molar-refractivity contribution in [1.29, 1.82) is 0 Å². The van der Waals surface area contributed by atoms with Crippen molar-refractivity contribution in [2.24, 2.45) is 0 Å². The van der Waals surface area contributed by atoms with Crippen LogP contribution in [0.15, 0.2) is 31.1 Å². The number of hydrogen-bond acceptors (Lipinski definition) is 4. The van der Waals surface area contributed by atoms with Crippen LogP contribution in [0.3, 0.4) is 0 Å². The standard InChI is InChI=1S/C13H11Br2NO3S/c14-9-5-7(19-12(9)15)6-16-3-1-10-8(2-4-20-10)11(16)13(17)18/h2,4-5,11H,1,3,6H2,(H,17,18). The van der Waals surface area contributed by atoms with Crippen molar-refractivity contribution in [2.75, 3.05) is 6.54 Å². The first kappa shape index (κ1) is 14.3. The zero-order valence-corrected chi connectivity index (χ0v) is 14.3. The Labute approximate surface area is 136 Å². The van der Waals surface area contributed by atoms with Crippen molar-refractivity contribution in [2.45, 2.75) is 19.0 Å². The summed E-state index contributed by atoms with van der Waals surface area (Å²) in [5, 5.41) is 11.5. The van der Waals surface area contributed by atoms with Crippen LogP contribution in [0, 0.1) is 0 Å². The van der Waals surface area contributed by atoms with Crippen molar-refractivity contribution in [3.05, 3.63) is 42.9 Å². The van der Waals surface area contributed by atoms with Gasteiger partial charge in [0.25, 0.3) is 0 Å². The SMILES string of the molecule is O=C(O)C1c2ccsc2CCN1Cc1cc(Br)c(Br)o1. The van der Waals surface area contributed by atoms with E-state index in [1.165, 1.54) is 4.88 Å². The molecule has 106 valence electrons. The van der Waals surface area contributed by atoms with Crippen molar-refractivity contribution in [1.82, 2.24) is 4.90 Å². The number of aliphatic carboxylic acids is 1. The van der Waals surface area contributed by atoms with E-state index >= 15 is 0 Å². The van der Waals surface area contributed by atoms with Crippen molar-refractivity contribution in [3.8, 4) is 0 Å². The highest BCUT2D eigenvalue weighted by Gasteiger charge is 2.34. The average molecular weight is 421 g/mol. The van der Waals surface area contributed by atoms with E-state index in [0.29, 0.717) is 11.2 Å². The van der Waals surface area contributed by atoms with E-state index in [2.05, 4.69) is 31.9 Å².